The van der Waals surface area contributed by atoms with E-state index in [1.165, 1.54) is 0 Å². The molecule has 0 bridgehead atoms. The van der Waals surface area contributed by atoms with Gasteiger partial charge < -0.3 is 14.6 Å². The highest BCUT2D eigenvalue weighted by Crippen LogP contribution is 2.32. The number of thiophene rings is 1. The van der Waals surface area contributed by atoms with Crippen LogP contribution in [0.1, 0.15) is 23.0 Å². The Labute approximate surface area is 153 Å². The average Bonchev–Trinajstić information content (AvgIpc) is 3.10. The molecule has 24 heavy (non-hydrogen) atoms. The van der Waals surface area contributed by atoms with Crippen molar-refractivity contribution in [1.82, 2.24) is 9.88 Å². The van der Waals surface area contributed by atoms with Crippen molar-refractivity contribution in [1.29, 1.82) is 0 Å². The molecule has 1 N–H and O–H groups in total. The predicted molar refractivity (Wildman–Crippen MR) is 102 cm³/mol. The van der Waals surface area contributed by atoms with Crippen molar-refractivity contribution in [2.75, 3.05) is 13.7 Å². The third-order valence-electron chi connectivity index (χ3n) is 3.98. The van der Waals surface area contributed by atoms with E-state index in [1.807, 2.05) is 30.3 Å². The number of carbonyl (C=O) groups excluding carboxylic acids is 1. The van der Waals surface area contributed by atoms with Crippen LogP contribution in [-0.2, 0) is 13.0 Å². The van der Waals surface area contributed by atoms with E-state index < -0.39 is 0 Å². The highest BCUT2D eigenvalue weighted by atomic mass is 79.9. The van der Waals surface area contributed by atoms with Gasteiger partial charge >= 0.3 is 0 Å². The number of nitrogens with one attached hydrogen (secondary N) is 1. The molecular formula is C18H19BrN2O2S. The van der Waals surface area contributed by atoms with E-state index in [2.05, 4.69) is 38.8 Å². The minimum atomic E-state index is -0.0359. The smallest absolute Gasteiger partial charge is 0.267 e. The first-order chi connectivity index (χ1) is 11.6. The largest absolute Gasteiger partial charge is 0.496 e. The number of para-hydroxylation sites is 1. The van der Waals surface area contributed by atoms with Crippen LogP contribution in [0, 0.1) is 0 Å². The van der Waals surface area contributed by atoms with Crippen molar-refractivity contribution < 1.29 is 9.53 Å². The predicted octanol–water partition coefficient (Wildman–Crippen LogP) is 4.47. The van der Waals surface area contributed by atoms with Crippen LogP contribution in [0.25, 0.3) is 10.2 Å². The Morgan fingerprint density at radius 3 is 2.88 bits per heavy atom. The molecule has 0 aliphatic rings. The second-order valence-corrected chi connectivity index (χ2v) is 7.85. The number of aryl methyl sites for hydroxylation is 1. The first kappa shape index (κ1) is 17.0. The lowest BCUT2D eigenvalue weighted by molar-refractivity contribution is 0.0945. The summed E-state index contributed by atoms with van der Waals surface area (Å²) in [5.41, 5.74) is 2.91. The van der Waals surface area contributed by atoms with Crippen molar-refractivity contribution in [2.45, 2.75) is 19.9 Å². The minimum absolute atomic E-state index is 0.0359. The van der Waals surface area contributed by atoms with Gasteiger partial charge in [0.15, 0.2) is 0 Å². The van der Waals surface area contributed by atoms with Gasteiger partial charge in [-0.1, -0.05) is 18.2 Å². The van der Waals surface area contributed by atoms with E-state index in [0.29, 0.717) is 12.2 Å². The summed E-state index contributed by atoms with van der Waals surface area (Å²) in [5.74, 6) is 0.820. The third kappa shape index (κ3) is 3.35. The van der Waals surface area contributed by atoms with Gasteiger partial charge in [0.1, 0.15) is 11.4 Å². The lowest BCUT2D eigenvalue weighted by Gasteiger charge is -2.10. The van der Waals surface area contributed by atoms with Crippen molar-refractivity contribution in [2.24, 2.45) is 0 Å². The summed E-state index contributed by atoms with van der Waals surface area (Å²) in [4.78, 5) is 12.6. The van der Waals surface area contributed by atoms with E-state index in [1.54, 1.807) is 18.4 Å². The molecule has 0 radical (unpaired) electrons. The van der Waals surface area contributed by atoms with Crippen molar-refractivity contribution in [3.05, 3.63) is 51.4 Å². The number of fused-ring (bicyclic) bond motifs is 1. The molecule has 0 spiro atoms. The lowest BCUT2D eigenvalue weighted by atomic mass is 10.1. The maximum atomic E-state index is 12.6. The number of ether oxygens (including phenoxy) is 1. The number of nitrogens with zero attached hydrogens (tertiary/aromatic N) is 1. The Balaban J connectivity index is 1.70. The van der Waals surface area contributed by atoms with Crippen molar-refractivity contribution in [3.8, 4) is 5.75 Å². The van der Waals surface area contributed by atoms with Crippen molar-refractivity contribution in [3.63, 3.8) is 0 Å². The molecular weight excluding hydrogens is 388 g/mol. The molecule has 0 saturated carbocycles. The molecule has 6 heteroatoms. The molecule has 4 nitrogen and oxygen atoms in total. The summed E-state index contributed by atoms with van der Waals surface area (Å²) < 4.78 is 9.60. The van der Waals surface area contributed by atoms with E-state index in [9.17, 15) is 4.79 Å². The number of hydrogen-bond acceptors (Lipinski definition) is 3. The summed E-state index contributed by atoms with van der Waals surface area (Å²) in [5, 5.41) is 3.02. The van der Waals surface area contributed by atoms with E-state index in [-0.39, 0.29) is 5.91 Å². The number of hydrogen-bond donors (Lipinski definition) is 1. The van der Waals surface area contributed by atoms with Gasteiger partial charge in [-0.15, -0.1) is 11.3 Å². The molecule has 0 atom stereocenters. The molecule has 0 saturated heterocycles. The number of rotatable bonds is 6. The summed E-state index contributed by atoms with van der Waals surface area (Å²) in [7, 11) is 1.66. The van der Waals surface area contributed by atoms with Gasteiger partial charge in [-0.3, -0.25) is 4.79 Å². The highest BCUT2D eigenvalue weighted by Gasteiger charge is 2.16. The number of halogens is 1. The molecule has 3 aromatic rings. The maximum Gasteiger partial charge on any atom is 0.267 e. The zero-order chi connectivity index (χ0) is 17.1. The zero-order valence-corrected chi connectivity index (χ0v) is 16.0. The van der Waals surface area contributed by atoms with Crippen LogP contribution in [0.5, 0.6) is 5.75 Å². The van der Waals surface area contributed by atoms with E-state index in [4.69, 9.17) is 4.74 Å². The Morgan fingerprint density at radius 1 is 1.33 bits per heavy atom. The van der Waals surface area contributed by atoms with E-state index in [0.717, 1.165) is 38.3 Å². The topological polar surface area (TPSA) is 43.3 Å². The molecule has 0 fully saturated rings. The van der Waals surface area contributed by atoms with Gasteiger partial charge in [0.05, 0.1) is 21.1 Å². The van der Waals surface area contributed by atoms with Gasteiger partial charge in [-0.05, 0) is 53.0 Å². The Bertz CT molecular complexity index is 869. The van der Waals surface area contributed by atoms with Crippen LogP contribution < -0.4 is 10.1 Å². The molecule has 2 heterocycles. The highest BCUT2D eigenvalue weighted by molar-refractivity contribution is 9.11. The van der Waals surface area contributed by atoms with E-state index >= 15 is 0 Å². The Morgan fingerprint density at radius 2 is 2.12 bits per heavy atom. The lowest BCUT2D eigenvalue weighted by Crippen LogP contribution is -2.27. The molecule has 1 amide bonds. The van der Waals surface area contributed by atoms with Crippen LogP contribution in [-0.4, -0.2) is 24.1 Å². The zero-order valence-electron chi connectivity index (χ0n) is 13.6. The number of methoxy groups -OCH3 is 1. The van der Waals surface area contributed by atoms with Gasteiger partial charge in [0.25, 0.3) is 5.91 Å². The van der Waals surface area contributed by atoms with Gasteiger partial charge in [-0.25, -0.2) is 0 Å². The summed E-state index contributed by atoms with van der Waals surface area (Å²) in [6.45, 7) is 3.39. The molecule has 1 aromatic carbocycles. The maximum absolute atomic E-state index is 12.6. The monoisotopic (exact) mass is 406 g/mol. The summed E-state index contributed by atoms with van der Waals surface area (Å²) in [6, 6.07) is 11.9. The molecule has 0 unspecified atom stereocenters. The SMILES string of the molecule is CCn1c(C(=O)NCCc2ccccc2OC)cc2sc(Br)cc21. The number of aromatic nitrogens is 1. The molecule has 0 aliphatic heterocycles. The van der Waals surface area contributed by atoms with Crippen LogP contribution >= 0.6 is 27.3 Å². The fourth-order valence-electron chi connectivity index (χ4n) is 2.85. The van der Waals surface area contributed by atoms with Gasteiger partial charge in [0.2, 0.25) is 0 Å². The first-order valence-corrected chi connectivity index (χ1v) is 9.43. The number of benzene rings is 1. The van der Waals surface area contributed by atoms with Gasteiger partial charge in [0, 0.05) is 13.1 Å². The van der Waals surface area contributed by atoms with Crippen LogP contribution in [0.3, 0.4) is 0 Å². The number of carbonyl (C=O) groups is 1. The first-order valence-electron chi connectivity index (χ1n) is 7.82. The van der Waals surface area contributed by atoms with Gasteiger partial charge in [-0.2, -0.15) is 0 Å². The quantitative estimate of drug-likeness (QED) is 0.656. The number of amides is 1. The summed E-state index contributed by atoms with van der Waals surface area (Å²) in [6.07, 6.45) is 0.739. The second-order valence-electron chi connectivity index (χ2n) is 5.39. The second kappa shape index (κ2) is 7.40. The molecule has 3 rings (SSSR count). The fraction of sp³-hybridized carbons (Fsp3) is 0.278. The molecule has 126 valence electrons. The molecule has 2 aromatic heterocycles. The Hall–Kier alpha value is -1.79. The summed E-state index contributed by atoms with van der Waals surface area (Å²) >= 11 is 5.15. The third-order valence-corrected chi connectivity index (χ3v) is 5.56. The van der Waals surface area contributed by atoms with Crippen molar-refractivity contribution >= 4 is 43.4 Å². The Kier molecular flexibility index (Phi) is 5.26. The normalized spacial score (nSPS) is 11.0. The average molecular weight is 407 g/mol. The fourth-order valence-corrected chi connectivity index (χ4v) is 4.42. The standard InChI is InChI=1S/C18H19BrN2O2S/c1-3-21-13-11-17(19)24-16(13)10-14(21)18(22)20-9-8-12-6-4-5-7-15(12)23-2/h4-7,10-11H,3,8-9H2,1-2H3,(H,20,22). The molecule has 0 aliphatic carbocycles. The minimum Gasteiger partial charge on any atom is -0.496 e. The van der Waals surface area contributed by atoms with Crippen LogP contribution in [0.4, 0.5) is 0 Å². The van der Waals surface area contributed by atoms with Crippen LogP contribution in [0.15, 0.2) is 40.2 Å². The van der Waals surface area contributed by atoms with Crippen LogP contribution in [0.2, 0.25) is 0 Å².